The van der Waals surface area contributed by atoms with Gasteiger partial charge in [0.2, 0.25) is 0 Å². The number of nitrogens with zero attached hydrogens (tertiary/aromatic N) is 4. The number of aromatic nitrogens is 2. The highest BCUT2D eigenvalue weighted by Crippen LogP contribution is 2.54. The van der Waals surface area contributed by atoms with Crippen molar-refractivity contribution >= 4 is 110 Å². The van der Waals surface area contributed by atoms with Gasteiger partial charge in [-0.2, -0.15) is 0 Å². The Bertz CT molecular complexity index is 4860. The van der Waals surface area contributed by atoms with Gasteiger partial charge in [-0.3, -0.25) is 0 Å². The van der Waals surface area contributed by atoms with Gasteiger partial charge in [0.25, 0.3) is 0 Å². The molecule has 446 valence electrons. The highest BCUT2D eigenvalue weighted by atomic mass is 15.2. The summed E-state index contributed by atoms with van der Waals surface area (Å²) in [6.07, 6.45) is 9.13. The van der Waals surface area contributed by atoms with Crippen LogP contribution in [0.2, 0.25) is 0 Å². The van der Waals surface area contributed by atoms with Gasteiger partial charge in [-0.15, -0.1) is 0 Å². The first-order valence-corrected chi connectivity index (χ1v) is 33.5. The Balaban J connectivity index is 1.00. The maximum atomic E-state index is 2.69. The summed E-state index contributed by atoms with van der Waals surface area (Å²) in [5.41, 5.74) is 25.9. The third-order valence-electron chi connectivity index (χ3n) is 20.6. The summed E-state index contributed by atoms with van der Waals surface area (Å²) in [5, 5.41) is 13.0. The van der Waals surface area contributed by atoms with Gasteiger partial charge in [0.05, 0.1) is 33.4 Å². The fraction of sp³-hybridized carbons (Fsp3) is 0.256. The van der Waals surface area contributed by atoms with Crippen LogP contribution < -0.4 is 9.80 Å². The summed E-state index contributed by atoms with van der Waals surface area (Å²) >= 11 is 0. The van der Waals surface area contributed by atoms with Crippen LogP contribution in [-0.2, 0) is 36.5 Å². The van der Waals surface area contributed by atoms with E-state index in [4.69, 9.17) is 0 Å². The average molecular weight is 1170 g/mol. The monoisotopic (exact) mass is 1170 g/mol. The lowest BCUT2D eigenvalue weighted by Gasteiger charge is -2.34. The van der Waals surface area contributed by atoms with E-state index < -0.39 is 0 Å². The van der Waals surface area contributed by atoms with E-state index in [-0.39, 0.29) is 22.7 Å². The molecule has 0 aliphatic heterocycles. The number of aryl methyl sites for hydroxylation is 2. The third-order valence-corrected chi connectivity index (χ3v) is 20.6. The molecule has 0 radical (unpaired) electrons. The first-order valence-electron chi connectivity index (χ1n) is 33.5. The standard InChI is InChI=1S/C86H82N4/c1-53(2)69-51-81(87(73-39-23-27-55-25-11-13-29-59(55)73)57-41-43-63-61-31-15-19-35-75(61)89(79(63)49-57)77-37-21-17-33-71(77)85(5,6)7)67-48-46-66-70(54(3)4)52-82(68-47-45-65(69)83(67)84(66)68)88(74-40-24-28-56-26-12-14-30-60(56)74)58-42-44-64-62-32-16-20-36-76(62)90(80(64)50-58)78-38-22-18-34-72(78)86(8,9)10/h15-24,27-28,31-54H,11-14,25-26,29-30H2,1-10H3. The predicted octanol–water partition coefficient (Wildman–Crippen LogP) is 24.3. The lowest BCUT2D eigenvalue weighted by molar-refractivity contribution is 0.587. The molecule has 2 aliphatic rings. The van der Waals surface area contributed by atoms with Gasteiger partial charge in [0, 0.05) is 66.4 Å². The molecule has 14 aromatic rings. The van der Waals surface area contributed by atoms with Crippen LogP contribution in [0, 0.1) is 0 Å². The summed E-state index contributed by atoms with van der Waals surface area (Å²) in [4.78, 5) is 5.38. The lowest BCUT2D eigenvalue weighted by Crippen LogP contribution is -2.17. The Morgan fingerprint density at radius 1 is 0.322 bits per heavy atom. The molecule has 16 rings (SSSR count). The summed E-state index contributed by atoms with van der Waals surface area (Å²) in [6, 6.07) is 80.4. The number of fused-ring (bicyclic) bond motifs is 8. The van der Waals surface area contributed by atoms with E-state index in [0.717, 1.165) is 25.7 Å². The maximum Gasteiger partial charge on any atom is 0.0562 e. The van der Waals surface area contributed by atoms with Crippen LogP contribution in [0.5, 0.6) is 0 Å². The SMILES string of the molecule is CC(C)c1cc(N(c2ccc3c4ccccc4n(-c4ccccc4C(C)(C)C)c3c2)c2cccc3c2CCCC3)c2ccc3c(C(C)C)cc(N(c4ccc5c6ccccc6n(-c6ccccc6C(C)(C)C)c5c4)c4cccc5c4CCCC5)c4ccc1c2c34. The number of hydrogen-bond donors (Lipinski definition) is 0. The highest BCUT2D eigenvalue weighted by molar-refractivity contribution is 6.30. The molecule has 0 N–H and O–H groups in total. The second-order valence-electron chi connectivity index (χ2n) is 28.9. The summed E-state index contributed by atoms with van der Waals surface area (Å²) in [5.74, 6) is 0.495. The van der Waals surface area contributed by atoms with Crippen LogP contribution in [0.3, 0.4) is 0 Å². The van der Waals surface area contributed by atoms with Crippen molar-refractivity contribution in [2.75, 3.05) is 9.80 Å². The molecule has 90 heavy (non-hydrogen) atoms. The van der Waals surface area contributed by atoms with Gasteiger partial charge in [0.15, 0.2) is 0 Å². The molecule has 0 fully saturated rings. The number of hydrogen-bond acceptors (Lipinski definition) is 2. The zero-order valence-corrected chi connectivity index (χ0v) is 54.2. The van der Waals surface area contributed by atoms with Gasteiger partial charge in [-0.1, -0.05) is 203 Å². The molecule has 0 saturated carbocycles. The quantitative estimate of drug-likeness (QED) is 0.127. The average Bonchev–Trinajstić information content (AvgIpc) is 0.781. The van der Waals surface area contributed by atoms with Crippen molar-refractivity contribution in [1.29, 1.82) is 0 Å². The molecule has 4 nitrogen and oxygen atoms in total. The highest BCUT2D eigenvalue weighted by Gasteiger charge is 2.31. The molecule has 12 aromatic carbocycles. The molecule has 2 aromatic heterocycles. The molecule has 0 atom stereocenters. The van der Waals surface area contributed by atoms with Crippen molar-refractivity contribution in [2.24, 2.45) is 0 Å². The zero-order valence-electron chi connectivity index (χ0n) is 54.2. The van der Waals surface area contributed by atoms with E-state index in [1.165, 1.54) is 192 Å². The van der Waals surface area contributed by atoms with Gasteiger partial charge < -0.3 is 18.9 Å². The van der Waals surface area contributed by atoms with Crippen molar-refractivity contribution in [1.82, 2.24) is 9.13 Å². The summed E-state index contributed by atoms with van der Waals surface area (Å²) in [6.45, 7) is 23.7. The van der Waals surface area contributed by atoms with Crippen molar-refractivity contribution in [3.63, 3.8) is 0 Å². The Hall–Kier alpha value is -9.12. The fourth-order valence-electron chi connectivity index (χ4n) is 16.4. The van der Waals surface area contributed by atoms with Crippen molar-refractivity contribution < 1.29 is 0 Å². The molecular formula is C86H82N4. The third kappa shape index (κ3) is 8.82. The maximum absolute atomic E-state index is 2.69. The Labute approximate surface area is 531 Å². The van der Waals surface area contributed by atoms with Gasteiger partial charge in [-0.25, -0.2) is 0 Å². The minimum atomic E-state index is -0.0728. The molecule has 0 unspecified atom stereocenters. The van der Waals surface area contributed by atoms with E-state index in [9.17, 15) is 0 Å². The molecule has 0 bridgehead atoms. The van der Waals surface area contributed by atoms with Crippen LogP contribution in [0.4, 0.5) is 34.1 Å². The van der Waals surface area contributed by atoms with E-state index in [1.54, 1.807) is 0 Å². The van der Waals surface area contributed by atoms with E-state index >= 15 is 0 Å². The van der Waals surface area contributed by atoms with Crippen molar-refractivity contribution in [2.45, 2.75) is 143 Å². The molecule has 2 heterocycles. The smallest absolute Gasteiger partial charge is 0.0562 e. The Kier molecular flexibility index (Phi) is 13.3. The zero-order chi connectivity index (χ0) is 61.5. The predicted molar refractivity (Wildman–Crippen MR) is 387 cm³/mol. The minimum absolute atomic E-state index is 0.0728. The second kappa shape index (κ2) is 21.3. The largest absolute Gasteiger partial charge is 0.309 e. The van der Waals surface area contributed by atoms with E-state index in [0.29, 0.717) is 0 Å². The van der Waals surface area contributed by atoms with Crippen LogP contribution in [-0.4, -0.2) is 9.13 Å². The molecule has 0 spiro atoms. The topological polar surface area (TPSA) is 16.3 Å². The minimum Gasteiger partial charge on any atom is -0.309 e. The van der Waals surface area contributed by atoms with E-state index in [1.807, 2.05) is 0 Å². The van der Waals surface area contributed by atoms with E-state index in [2.05, 4.69) is 294 Å². The van der Waals surface area contributed by atoms with Gasteiger partial charge in [0.1, 0.15) is 0 Å². The number of para-hydroxylation sites is 4. The fourth-order valence-corrected chi connectivity index (χ4v) is 16.4. The van der Waals surface area contributed by atoms with Crippen LogP contribution in [0.25, 0.3) is 87.3 Å². The molecule has 0 saturated heterocycles. The van der Waals surface area contributed by atoms with Crippen LogP contribution in [0.1, 0.15) is 151 Å². The van der Waals surface area contributed by atoms with Crippen LogP contribution in [0.15, 0.2) is 206 Å². The first-order chi connectivity index (χ1) is 43.6. The first kappa shape index (κ1) is 56.1. The summed E-state index contributed by atoms with van der Waals surface area (Å²) in [7, 11) is 0. The lowest BCUT2D eigenvalue weighted by atomic mass is 9.83. The molecule has 2 aliphatic carbocycles. The summed E-state index contributed by atoms with van der Waals surface area (Å²) < 4.78 is 5.12. The van der Waals surface area contributed by atoms with Crippen LogP contribution >= 0.6 is 0 Å². The van der Waals surface area contributed by atoms with Crippen molar-refractivity contribution in [3.05, 3.63) is 251 Å². The second-order valence-corrected chi connectivity index (χ2v) is 28.9. The number of benzene rings is 12. The molecule has 0 amide bonds. The Morgan fingerprint density at radius 2 is 0.689 bits per heavy atom. The molecular weight excluding hydrogens is 1090 g/mol. The Morgan fingerprint density at radius 3 is 1.11 bits per heavy atom. The van der Waals surface area contributed by atoms with Gasteiger partial charge in [-0.05, 0) is 213 Å². The van der Waals surface area contributed by atoms with Crippen molar-refractivity contribution in [3.8, 4) is 11.4 Å². The normalized spacial score (nSPS) is 14.0. The number of anilines is 6. The molecule has 4 heteroatoms. The number of rotatable bonds is 10. The van der Waals surface area contributed by atoms with Gasteiger partial charge >= 0.3 is 0 Å².